The lowest BCUT2D eigenvalue weighted by Gasteiger charge is -2.14. The van der Waals surface area contributed by atoms with Crippen LogP contribution in [0.3, 0.4) is 0 Å². The quantitative estimate of drug-likeness (QED) is 0.664. The SMILES string of the molecule is O=C1O[C@H](Nc2ccc(I)cc2)c2ccccc21. The average Bonchev–Trinajstić information content (AvgIpc) is 2.70. The summed E-state index contributed by atoms with van der Waals surface area (Å²) in [4.78, 5) is 11.7. The minimum atomic E-state index is -0.395. The number of benzene rings is 2. The van der Waals surface area contributed by atoms with E-state index >= 15 is 0 Å². The molecule has 3 nitrogen and oxygen atoms in total. The molecule has 0 saturated carbocycles. The van der Waals surface area contributed by atoms with Crippen molar-refractivity contribution in [2.45, 2.75) is 6.23 Å². The van der Waals surface area contributed by atoms with E-state index in [1.165, 1.54) is 3.57 Å². The lowest BCUT2D eigenvalue weighted by atomic mass is 10.1. The van der Waals surface area contributed by atoms with Gasteiger partial charge in [0.2, 0.25) is 6.23 Å². The Morgan fingerprint density at radius 3 is 2.56 bits per heavy atom. The van der Waals surface area contributed by atoms with E-state index in [-0.39, 0.29) is 5.97 Å². The summed E-state index contributed by atoms with van der Waals surface area (Å²) >= 11 is 2.25. The largest absolute Gasteiger partial charge is 0.434 e. The maximum absolute atomic E-state index is 11.7. The number of fused-ring (bicyclic) bond motifs is 1. The molecule has 1 aliphatic heterocycles. The molecule has 90 valence electrons. The second kappa shape index (κ2) is 4.61. The zero-order valence-corrected chi connectivity index (χ0v) is 11.5. The number of hydrogen-bond donors (Lipinski definition) is 1. The van der Waals surface area contributed by atoms with Crippen LogP contribution in [0.1, 0.15) is 22.1 Å². The number of esters is 1. The zero-order valence-electron chi connectivity index (χ0n) is 9.39. The van der Waals surface area contributed by atoms with Crippen LogP contribution in [0.25, 0.3) is 0 Å². The van der Waals surface area contributed by atoms with Crippen LogP contribution in [0.2, 0.25) is 0 Å². The molecule has 18 heavy (non-hydrogen) atoms. The van der Waals surface area contributed by atoms with Crippen molar-refractivity contribution in [2.75, 3.05) is 5.32 Å². The predicted octanol–water partition coefficient (Wildman–Crippen LogP) is 3.57. The van der Waals surface area contributed by atoms with Crippen molar-refractivity contribution in [3.63, 3.8) is 0 Å². The van der Waals surface area contributed by atoms with Crippen molar-refractivity contribution in [1.29, 1.82) is 0 Å². The summed E-state index contributed by atoms with van der Waals surface area (Å²) in [5.41, 5.74) is 2.46. The Labute approximate surface area is 118 Å². The number of halogens is 1. The molecule has 0 radical (unpaired) electrons. The minimum Gasteiger partial charge on any atom is -0.434 e. The fourth-order valence-electron chi connectivity index (χ4n) is 1.95. The van der Waals surface area contributed by atoms with E-state index in [9.17, 15) is 4.79 Å². The molecule has 1 atom stereocenters. The van der Waals surface area contributed by atoms with Gasteiger partial charge in [-0.25, -0.2) is 4.79 Å². The summed E-state index contributed by atoms with van der Waals surface area (Å²) < 4.78 is 6.48. The molecule has 0 aliphatic carbocycles. The van der Waals surface area contributed by atoms with Gasteiger partial charge in [-0.2, -0.15) is 0 Å². The van der Waals surface area contributed by atoms with Crippen LogP contribution < -0.4 is 5.32 Å². The highest BCUT2D eigenvalue weighted by molar-refractivity contribution is 14.1. The van der Waals surface area contributed by atoms with Gasteiger partial charge < -0.3 is 10.1 Å². The predicted molar refractivity (Wildman–Crippen MR) is 77.4 cm³/mol. The Bertz CT molecular complexity index is 595. The fraction of sp³-hybridized carbons (Fsp3) is 0.0714. The van der Waals surface area contributed by atoms with Gasteiger partial charge in [0.25, 0.3) is 0 Å². The van der Waals surface area contributed by atoms with Crippen molar-refractivity contribution in [2.24, 2.45) is 0 Å². The maximum Gasteiger partial charge on any atom is 0.340 e. The number of ether oxygens (including phenoxy) is 1. The average molecular weight is 351 g/mol. The molecule has 1 N–H and O–H groups in total. The maximum atomic E-state index is 11.7. The molecule has 2 aromatic rings. The first-order chi connectivity index (χ1) is 8.74. The normalized spacial score (nSPS) is 17.2. The summed E-state index contributed by atoms with van der Waals surface area (Å²) in [6.45, 7) is 0. The van der Waals surface area contributed by atoms with Crippen LogP contribution in [0, 0.1) is 3.57 Å². The Morgan fingerprint density at radius 1 is 1.06 bits per heavy atom. The van der Waals surface area contributed by atoms with E-state index in [1.54, 1.807) is 6.07 Å². The van der Waals surface area contributed by atoms with E-state index in [2.05, 4.69) is 27.9 Å². The van der Waals surface area contributed by atoms with E-state index in [1.807, 2.05) is 42.5 Å². The van der Waals surface area contributed by atoms with Crippen molar-refractivity contribution in [3.8, 4) is 0 Å². The lowest BCUT2D eigenvalue weighted by Crippen LogP contribution is -2.10. The van der Waals surface area contributed by atoms with Crippen LogP contribution in [-0.2, 0) is 4.74 Å². The summed E-state index contributed by atoms with van der Waals surface area (Å²) in [6, 6.07) is 15.4. The lowest BCUT2D eigenvalue weighted by molar-refractivity contribution is 0.0437. The molecular weight excluding hydrogens is 341 g/mol. The van der Waals surface area contributed by atoms with Crippen LogP contribution >= 0.6 is 22.6 Å². The van der Waals surface area contributed by atoms with Crippen LogP contribution in [-0.4, -0.2) is 5.97 Å². The van der Waals surface area contributed by atoms with Crippen LogP contribution in [0.15, 0.2) is 48.5 Å². The van der Waals surface area contributed by atoms with Gasteiger partial charge >= 0.3 is 5.97 Å². The number of nitrogens with one attached hydrogen (secondary N) is 1. The third-order valence-electron chi connectivity index (χ3n) is 2.83. The zero-order chi connectivity index (χ0) is 12.5. The van der Waals surface area contributed by atoms with Gasteiger partial charge in [-0.1, -0.05) is 18.2 Å². The van der Waals surface area contributed by atoms with Crippen LogP contribution in [0.4, 0.5) is 5.69 Å². The summed E-state index contributed by atoms with van der Waals surface area (Å²) in [6.07, 6.45) is -0.395. The first-order valence-electron chi connectivity index (χ1n) is 5.56. The molecule has 0 amide bonds. The summed E-state index contributed by atoms with van der Waals surface area (Å²) in [5, 5.41) is 3.21. The first kappa shape index (κ1) is 11.5. The van der Waals surface area contributed by atoms with Gasteiger partial charge in [0.1, 0.15) is 0 Å². The molecule has 0 spiro atoms. The summed E-state index contributed by atoms with van der Waals surface area (Å²) in [7, 11) is 0. The molecule has 2 aromatic carbocycles. The Morgan fingerprint density at radius 2 is 1.78 bits per heavy atom. The highest BCUT2D eigenvalue weighted by atomic mass is 127. The molecule has 0 bridgehead atoms. The molecule has 1 aliphatic rings. The van der Waals surface area contributed by atoms with Gasteiger partial charge in [0, 0.05) is 14.8 Å². The number of anilines is 1. The van der Waals surface area contributed by atoms with E-state index < -0.39 is 6.23 Å². The molecule has 0 fully saturated rings. The van der Waals surface area contributed by atoms with E-state index in [0.29, 0.717) is 5.56 Å². The monoisotopic (exact) mass is 351 g/mol. The number of hydrogen-bond acceptors (Lipinski definition) is 3. The van der Waals surface area contributed by atoms with E-state index in [4.69, 9.17) is 4.74 Å². The number of cyclic esters (lactones) is 1. The van der Waals surface area contributed by atoms with Gasteiger partial charge in [-0.15, -0.1) is 0 Å². The van der Waals surface area contributed by atoms with Crippen molar-refractivity contribution >= 4 is 34.2 Å². The molecule has 0 aromatic heterocycles. The molecule has 0 saturated heterocycles. The smallest absolute Gasteiger partial charge is 0.340 e. The number of rotatable bonds is 2. The number of carbonyl (C=O) groups excluding carboxylic acids is 1. The van der Waals surface area contributed by atoms with Crippen molar-refractivity contribution < 1.29 is 9.53 Å². The topological polar surface area (TPSA) is 38.3 Å². The molecule has 1 heterocycles. The van der Waals surface area contributed by atoms with Gasteiger partial charge in [-0.3, -0.25) is 0 Å². The standard InChI is InChI=1S/C14H10INO2/c15-9-5-7-10(8-6-9)16-13-11-3-1-2-4-12(11)14(17)18-13/h1-8,13,16H/t13-/m0/s1. The Balaban J connectivity index is 1.87. The third kappa shape index (κ3) is 2.08. The van der Waals surface area contributed by atoms with Gasteiger partial charge in [0.15, 0.2) is 0 Å². The highest BCUT2D eigenvalue weighted by Crippen LogP contribution is 2.31. The van der Waals surface area contributed by atoms with E-state index in [0.717, 1.165) is 11.3 Å². The Kier molecular flexibility index (Phi) is 2.95. The summed E-state index contributed by atoms with van der Waals surface area (Å²) in [5.74, 6) is -0.270. The Hall–Kier alpha value is -1.56. The van der Waals surface area contributed by atoms with Gasteiger partial charge in [-0.05, 0) is 52.9 Å². The molecule has 0 unspecified atom stereocenters. The first-order valence-corrected chi connectivity index (χ1v) is 6.64. The molecule has 4 heteroatoms. The highest BCUT2D eigenvalue weighted by Gasteiger charge is 2.30. The molecule has 3 rings (SSSR count). The van der Waals surface area contributed by atoms with Crippen LogP contribution in [0.5, 0.6) is 0 Å². The van der Waals surface area contributed by atoms with Crippen molar-refractivity contribution in [1.82, 2.24) is 0 Å². The second-order valence-electron chi connectivity index (χ2n) is 4.02. The fourth-order valence-corrected chi connectivity index (χ4v) is 2.31. The third-order valence-corrected chi connectivity index (χ3v) is 3.55. The minimum absolute atomic E-state index is 0.270. The second-order valence-corrected chi connectivity index (χ2v) is 5.27. The number of carbonyl (C=O) groups is 1. The molecular formula is C14H10INO2. The van der Waals surface area contributed by atoms with Gasteiger partial charge in [0.05, 0.1) is 5.56 Å². The van der Waals surface area contributed by atoms with Crippen molar-refractivity contribution in [3.05, 3.63) is 63.2 Å².